The van der Waals surface area contributed by atoms with Crippen molar-refractivity contribution >= 4 is 16.0 Å². The number of nitrogens with one attached hydrogen (secondary N) is 1. The number of aryl methyl sites for hydroxylation is 1. The largest absolute Gasteiger partial charge is 0.481 e. The van der Waals surface area contributed by atoms with Gasteiger partial charge in [0.1, 0.15) is 0 Å². The van der Waals surface area contributed by atoms with Crippen molar-refractivity contribution in [3.8, 4) is 0 Å². The second-order valence-electron chi connectivity index (χ2n) is 5.51. The van der Waals surface area contributed by atoms with Gasteiger partial charge in [-0.25, -0.2) is 13.1 Å². The topological polar surface area (TPSA) is 83.5 Å². The molecule has 0 radical (unpaired) electrons. The van der Waals surface area contributed by atoms with E-state index >= 15 is 0 Å². The molecular formula is C15H21NO4S. The first kappa shape index (κ1) is 16.0. The lowest BCUT2D eigenvalue weighted by molar-refractivity contribution is -0.142. The Morgan fingerprint density at radius 3 is 2.52 bits per heavy atom. The van der Waals surface area contributed by atoms with E-state index in [1.165, 1.54) is 0 Å². The summed E-state index contributed by atoms with van der Waals surface area (Å²) in [5, 5.41) is 8.95. The van der Waals surface area contributed by atoms with Crippen LogP contribution in [0.25, 0.3) is 0 Å². The molecule has 1 aliphatic rings. The predicted octanol–water partition coefficient (Wildman–Crippen LogP) is 2.17. The Balaban J connectivity index is 2.03. The molecule has 0 unspecified atom stereocenters. The van der Waals surface area contributed by atoms with Crippen molar-refractivity contribution in [2.45, 2.75) is 50.0 Å². The zero-order chi connectivity index (χ0) is 15.5. The van der Waals surface area contributed by atoms with Crippen LogP contribution in [0.1, 0.15) is 38.2 Å². The fraction of sp³-hybridized carbons (Fsp3) is 0.533. The number of carboxylic acid groups (broad SMARTS) is 1. The molecule has 2 rings (SSSR count). The van der Waals surface area contributed by atoms with Crippen LogP contribution < -0.4 is 4.72 Å². The third-order valence-electron chi connectivity index (χ3n) is 4.02. The molecule has 0 bridgehead atoms. The number of aliphatic carboxylic acids is 1. The van der Waals surface area contributed by atoms with E-state index in [9.17, 15) is 13.2 Å². The van der Waals surface area contributed by atoms with Gasteiger partial charge < -0.3 is 5.11 Å². The fourth-order valence-corrected chi connectivity index (χ4v) is 4.05. The van der Waals surface area contributed by atoms with Crippen LogP contribution in [0.4, 0.5) is 0 Å². The summed E-state index contributed by atoms with van der Waals surface area (Å²) in [4.78, 5) is 11.2. The van der Waals surface area contributed by atoms with Crippen LogP contribution in [0.15, 0.2) is 29.2 Å². The monoisotopic (exact) mass is 311 g/mol. The van der Waals surface area contributed by atoms with E-state index in [0.29, 0.717) is 25.7 Å². The summed E-state index contributed by atoms with van der Waals surface area (Å²) in [7, 11) is -3.53. The van der Waals surface area contributed by atoms with E-state index in [2.05, 4.69) is 4.72 Å². The van der Waals surface area contributed by atoms with Gasteiger partial charge in [-0.05, 0) is 49.8 Å². The summed E-state index contributed by atoms with van der Waals surface area (Å²) >= 11 is 0. The van der Waals surface area contributed by atoms with Gasteiger partial charge in [0.05, 0.1) is 10.8 Å². The number of rotatable bonds is 5. The molecular weight excluding hydrogens is 290 g/mol. The number of hydrogen-bond donors (Lipinski definition) is 2. The van der Waals surface area contributed by atoms with Crippen LogP contribution in [0.3, 0.4) is 0 Å². The Morgan fingerprint density at radius 1 is 1.29 bits per heavy atom. The van der Waals surface area contributed by atoms with Gasteiger partial charge in [0.2, 0.25) is 10.0 Å². The lowest BCUT2D eigenvalue weighted by atomic mass is 9.87. The molecule has 1 aromatic carbocycles. The average Bonchev–Trinajstić information content (AvgIpc) is 2.47. The van der Waals surface area contributed by atoms with Gasteiger partial charge in [0, 0.05) is 6.04 Å². The summed E-state index contributed by atoms with van der Waals surface area (Å²) in [5.41, 5.74) is 0.979. The smallest absolute Gasteiger partial charge is 0.306 e. The van der Waals surface area contributed by atoms with E-state index in [-0.39, 0.29) is 16.9 Å². The highest BCUT2D eigenvalue weighted by Crippen LogP contribution is 2.25. The maximum atomic E-state index is 12.4. The Kier molecular flexibility index (Phi) is 5.00. The second-order valence-corrected chi connectivity index (χ2v) is 7.22. The molecule has 21 heavy (non-hydrogen) atoms. The third kappa shape index (κ3) is 4.04. The lowest BCUT2D eigenvalue weighted by Crippen LogP contribution is -2.38. The second kappa shape index (κ2) is 6.58. The first-order valence-electron chi connectivity index (χ1n) is 7.26. The van der Waals surface area contributed by atoms with Crippen molar-refractivity contribution in [2.75, 3.05) is 0 Å². The predicted molar refractivity (Wildman–Crippen MR) is 79.5 cm³/mol. The fourth-order valence-electron chi connectivity index (χ4n) is 2.68. The molecule has 0 atom stereocenters. The molecule has 0 aliphatic heterocycles. The highest BCUT2D eigenvalue weighted by atomic mass is 32.2. The Hall–Kier alpha value is -1.40. The summed E-state index contributed by atoms with van der Waals surface area (Å²) in [6, 6.07) is 6.75. The summed E-state index contributed by atoms with van der Waals surface area (Å²) in [6.45, 7) is 1.98. The van der Waals surface area contributed by atoms with Crippen LogP contribution >= 0.6 is 0 Å². The molecule has 5 nitrogen and oxygen atoms in total. The van der Waals surface area contributed by atoms with Crippen LogP contribution in [0.2, 0.25) is 0 Å². The van der Waals surface area contributed by atoms with Crippen molar-refractivity contribution in [2.24, 2.45) is 5.92 Å². The van der Waals surface area contributed by atoms with Crippen LogP contribution in [0.5, 0.6) is 0 Å². The zero-order valence-electron chi connectivity index (χ0n) is 12.1. The zero-order valence-corrected chi connectivity index (χ0v) is 12.9. The molecule has 0 spiro atoms. The molecule has 0 saturated heterocycles. The van der Waals surface area contributed by atoms with E-state index in [0.717, 1.165) is 12.0 Å². The van der Waals surface area contributed by atoms with Gasteiger partial charge in [0.15, 0.2) is 0 Å². The molecule has 0 heterocycles. The SMILES string of the molecule is CCc1cccc(S(=O)(=O)NC2CCC(C(=O)O)CC2)c1. The molecule has 1 aromatic rings. The van der Waals surface area contributed by atoms with Gasteiger partial charge in [-0.3, -0.25) is 4.79 Å². The van der Waals surface area contributed by atoms with Crippen molar-refractivity contribution in [1.82, 2.24) is 4.72 Å². The minimum Gasteiger partial charge on any atom is -0.481 e. The summed E-state index contributed by atoms with van der Waals surface area (Å²) in [6.07, 6.45) is 2.98. The van der Waals surface area contributed by atoms with Crippen molar-refractivity contribution in [3.05, 3.63) is 29.8 Å². The first-order chi connectivity index (χ1) is 9.92. The highest BCUT2D eigenvalue weighted by Gasteiger charge is 2.28. The van der Waals surface area contributed by atoms with Gasteiger partial charge in [0.25, 0.3) is 0 Å². The third-order valence-corrected chi connectivity index (χ3v) is 5.53. The highest BCUT2D eigenvalue weighted by molar-refractivity contribution is 7.89. The molecule has 0 amide bonds. The number of carboxylic acids is 1. The molecule has 6 heteroatoms. The van der Waals surface area contributed by atoms with Crippen LogP contribution in [-0.4, -0.2) is 25.5 Å². The Bertz CT molecular complexity index is 604. The molecule has 1 aliphatic carbocycles. The Labute approximate surface area is 125 Å². The van der Waals surface area contributed by atoms with Gasteiger partial charge in [-0.2, -0.15) is 0 Å². The minimum absolute atomic E-state index is 0.170. The number of hydrogen-bond acceptors (Lipinski definition) is 3. The van der Waals surface area contributed by atoms with Crippen molar-refractivity contribution < 1.29 is 18.3 Å². The molecule has 1 fully saturated rings. The first-order valence-corrected chi connectivity index (χ1v) is 8.74. The quantitative estimate of drug-likeness (QED) is 0.873. The van der Waals surface area contributed by atoms with Gasteiger partial charge in [-0.15, -0.1) is 0 Å². The lowest BCUT2D eigenvalue weighted by Gasteiger charge is -2.26. The molecule has 2 N–H and O–H groups in total. The standard InChI is InChI=1S/C15H21NO4S/c1-2-11-4-3-5-14(10-11)21(19,20)16-13-8-6-12(7-9-13)15(17)18/h3-5,10,12-13,16H,2,6-9H2,1H3,(H,17,18). The Morgan fingerprint density at radius 2 is 1.95 bits per heavy atom. The van der Waals surface area contributed by atoms with E-state index in [1.54, 1.807) is 18.2 Å². The number of carbonyl (C=O) groups is 1. The molecule has 116 valence electrons. The van der Waals surface area contributed by atoms with E-state index in [1.807, 2.05) is 13.0 Å². The molecule has 0 aromatic heterocycles. The minimum atomic E-state index is -3.53. The molecule has 1 saturated carbocycles. The maximum absolute atomic E-state index is 12.4. The number of sulfonamides is 1. The normalized spacial score (nSPS) is 22.9. The van der Waals surface area contributed by atoms with Crippen molar-refractivity contribution in [1.29, 1.82) is 0 Å². The maximum Gasteiger partial charge on any atom is 0.306 e. The van der Waals surface area contributed by atoms with Crippen LogP contribution in [-0.2, 0) is 21.2 Å². The van der Waals surface area contributed by atoms with Crippen molar-refractivity contribution in [3.63, 3.8) is 0 Å². The van der Waals surface area contributed by atoms with Crippen LogP contribution in [0, 0.1) is 5.92 Å². The van der Waals surface area contributed by atoms with E-state index < -0.39 is 16.0 Å². The van der Waals surface area contributed by atoms with E-state index in [4.69, 9.17) is 5.11 Å². The summed E-state index contributed by atoms with van der Waals surface area (Å²) in [5.74, 6) is -1.12. The van der Waals surface area contributed by atoms with Gasteiger partial charge in [-0.1, -0.05) is 19.1 Å². The summed E-state index contributed by atoms with van der Waals surface area (Å²) < 4.78 is 27.4. The van der Waals surface area contributed by atoms with Gasteiger partial charge >= 0.3 is 5.97 Å². The average molecular weight is 311 g/mol. The number of benzene rings is 1.